The van der Waals surface area contributed by atoms with Crippen LogP contribution in [-0.4, -0.2) is 50.3 Å². The maximum Gasteiger partial charge on any atom is 0.262 e. The minimum absolute atomic E-state index is 0.0525. The first-order valence-electron chi connectivity index (χ1n) is 11.1. The molecule has 6 heteroatoms. The van der Waals surface area contributed by atoms with E-state index in [4.69, 9.17) is 9.47 Å². The Kier molecular flexibility index (Phi) is 7.93. The summed E-state index contributed by atoms with van der Waals surface area (Å²) in [7, 11) is 2.15. The lowest BCUT2D eigenvalue weighted by Gasteiger charge is -2.31. The number of rotatable bonds is 9. The molecule has 1 saturated heterocycles. The highest BCUT2D eigenvalue weighted by molar-refractivity contribution is 7.12. The van der Waals surface area contributed by atoms with Crippen LogP contribution in [0.25, 0.3) is 11.1 Å². The third-order valence-electron chi connectivity index (χ3n) is 5.83. The van der Waals surface area contributed by atoms with Gasteiger partial charge in [-0.3, -0.25) is 9.69 Å². The van der Waals surface area contributed by atoms with E-state index in [1.54, 1.807) is 0 Å². The standard InChI is InChI=1S/C26H30N2O3S/c1-28(22-10-14-30-15-11-22)13-16-31-23-9-5-6-20(18-23)19-27-26(29)25-24(12-17-32-25)21-7-3-2-4-8-21/h2-9,12,17-18,22H,10-11,13-16,19H2,1H3,(H,27,29). The van der Waals surface area contributed by atoms with Crippen LogP contribution in [-0.2, 0) is 11.3 Å². The average molecular weight is 451 g/mol. The Balaban J connectivity index is 1.28. The number of nitrogens with zero attached hydrogens (tertiary/aromatic N) is 1. The molecule has 4 rings (SSSR count). The molecule has 1 aliphatic rings. The molecule has 32 heavy (non-hydrogen) atoms. The van der Waals surface area contributed by atoms with Gasteiger partial charge in [-0.15, -0.1) is 11.3 Å². The Labute approximate surface area is 194 Å². The highest BCUT2D eigenvalue weighted by Gasteiger charge is 2.18. The monoisotopic (exact) mass is 450 g/mol. The summed E-state index contributed by atoms with van der Waals surface area (Å²) in [6, 6.07) is 20.5. The van der Waals surface area contributed by atoms with Crippen LogP contribution in [0.5, 0.6) is 5.75 Å². The van der Waals surface area contributed by atoms with Gasteiger partial charge in [0, 0.05) is 37.9 Å². The molecule has 0 atom stereocenters. The Morgan fingerprint density at radius 3 is 2.75 bits per heavy atom. The second-order valence-corrected chi connectivity index (χ2v) is 8.95. The summed E-state index contributed by atoms with van der Waals surface area (Å²) in [5.74, 6) is 0.779. The van der Waals surface area contributed by atoms with Crippen molar-refractivity contribution in [2.24, 2.45) is 0 Å². The van der Waals surface area contributed by atoms with E-state index < -0.39 is 0 Å². The van der Waals surface area contributed by atoms with Crippen molar-refractivity contribution in [1.29, 1.82) is 0 Å². The molecule has 1 fully saturated rings. The number of hydrogen-bond donors (Lipinski definition) is 1. The summed E-state index contributed by atoms with van der Waals surface area (Å²) >= 11 is 1.47. The van der Waals surface area contributed by atoms with Gasteiger partial charge < -0.3 is 14.8 Å². The lowest BCUT2D eigenvalue weighted by Crippen LogP contribution is -2.38. The van der Waals surface area contributed by atoms with E-state index in [0.29, 0.717) is 19.2 Å². The number of benzene rings is 2. The number of amides is 1. The molecule has 0 aliphatic carbocycles. The molecule has 5 nitrogen and oxygen atoms in total. The van der Waals surface area contributed by atoms with Gasteiger partial charge in [0.1, 0.15) is 12.4 Å². The van der Waals surface area contributed by atoms with Crippen molar-refractivity contribution >= 4 is 17.2 Å². The molecule has 1 amide bonds. The summed E-state index contributed by atoms with van der Waals surface area (Å²) in [5, 5.41) is 5.01. The molecular weight excluding hydrogens is 420 g/mol. The fraction of sp³-hybridized carbons (Fsp3) is 0.346. The van der Waals surface area contributed by atoms with Crippen LogP contribution in [0, 0.1) is 0 Å². The maximum absolute atomic E-state index is 12.8. The van der Waals surface area contributed by atoms with E-state index in [2.05, 4.69) is 17.3 Å². The predicted molar refractivity (Wildman–Crippen MR) is 129 cm³/mol. The van der Waals surface area contributed by atoms with E-state index >= 15 is 0 Å². The molecule has 1 aliphatic heterocycles. The predicted octanol–water partition coefficient (Wildman–Crippen LogP) is 4.83. The maximum atomic E-state index is 12.8. The van der Waals surface area contributed by atoms with Crippen LogP contribution < -0.4 is 10.1 Å². The topological polar surface area (TPSA) is 50.8 Å². The third-order valence-corrected chi connectivity index (χ3v) is 6.75. The zero-order valence-corrected chi connectivity index (χ0v) is 19.3. The fourth-order valence-corrected chi connectivity index (χ4v) is 4.79. The normalized spacial score (nSPS) is 14.4. The van der Waals surface area contributed by atoms with Crippen LogP contribution >= 0.6 is 11.3 Å². The lowest BCUT2D eigenvalue weighted by molar-refractivity contribution is 0.0392. The molecule has 0 saturated carbocycles. The van der Waals surface area contributed by atoms with Crippen LogP contribution in [0.4, 0.5) is 0 Å². The van der Waals surface area contributed by atoms with E-state index in [1.165, 1.54) is 11.3 Å². The minimum Gasteiger partial charge on any atom is -0.492 e. The van der Waals surface area contributed by atoms with Crippen LogP contribution in [0.15, 0.2) is 66.0 Å². The summed E-state index contributed by atoms with van der Waals surface area (Å²) in [6.45, 7) is 3.68. The van der Waals surface area contributed by atoms with Gasteiger partial charge in [0.05, 0.1) is 4.88 Å². The van der Waals surface area contributed by atoms with Crippen LogP contribution in [0.1, 0.15) is 28.1 Å². The van der Waals surface area contributed by atoms with Gasteiger partial charge in [-0.05, 0) is 54.6 Å². The van der Waals surface area contributed by atoms with Crippen molar-refractivity contribution in [3.05, 3.63) is 76.5 Å². The quantitative estimate of drug-likeness (QED) is 0.507. The van der Waals surface area contributed by atoms with Gasteiger partial charge in [-0.25, -0.2) is 0 Å². The summed E-state index contributed by atoms with van der Waals surface area (Å²) in [5.41, 5.74) is 3.05. The van der Waals surface area contributed by atoms with Crippen molar-refractivity contribution in [2.45, 2.75) is 25.4 Å². The van der Waals surface area contributed by atoms with Gasteiger partial charge in [-0.2, -0.15) is 0 Å². The Hall–Kier alpha value is -2.67. The molecule has 0 spiro atoms. The number of ether oxygens (including phenoxy) is 2. The van der Waals surface area contributed by atoms with Crippen molar-refractivity contribution in [1.82, 2.24) is 10.2 Å². The fourth-order valence-electron chi connectivity index (χ4n) is 3.95. The number of nitrogens with one attached hydrogen (secondary N) is 1. The lowest BCUT2D eigenvalue weighted by atomic mass is 10.1. The van der Waals surface area contributed by atoms with Crippen molar-refractivity contribution in [3.8, 4) is 16.9 Å². The third kappa shape index (κ3) is 5.97. The van der Waals surface area contributed by atoms with E-state index in [-0.39, 0.29) is 5.91 Å². The highest BCUT2D eigenvalue weighted by Crippen LogP contribution is 2.28. The van der Waals surface area contributed by atoms with Gasteiger partial charge >= 0.3 is 0 Å². The first-order chi connectivity index (χ1) is 15.7. The first kappa shape index (κ1) is 22.5. The Morgan fingerprint density at radius 1 is 1.12 bits per heavy atom. The molecule has 168 valence electrons. The van der Waals surface area contributed by atoms with Crippen LogP contribution in [0.3, 0.4) is 0 Å². The number of carbonyl (C=O) groups excluding carboxylic acids is 1. The van der Waals surface area contributed by atoms with Crippen LogP contribution in [0.2, 0.25) is 0 Å². The molecule has 2 aromatic carbocycles. The molecule has 3 aromatic rings. The zero-order valence-electron chi connectivity index (χ0n) is 18.5. The van der Waals surface area contributed by atoms with Crippen molar-refractivity contribution < 1.29 is 14.3 Å². The van der Waals surface area contributed by atoms with E-state index in [1.807, 2.05) is 66.0 Å². The minimum atomic E-state index is -0.0525. The molecule has 1 aromatic heterocycles. The largest absolute Gasteiger partial charge is 0.492 e. The SMILES string of the molecule is CN(CCOc1cccc(CNC(=O)c2sccc2-c2ccccc2)c1)C1CCOCC1. The van der Waals surface area contributed by atoms with Crippen molar-refractivity contribution in [3.63, 3.8) is 0 Å². The zero-order chi connectivity index (χ0) is 22.2. The molecule has 0 radical (unpaired) electrons. The smallest absolute Gasteiger partial charge is 0.262 e. The summed E-state index contributed by atoms with van der Waals surface area (Å²) in [4.78, 5) is 15.9. The number of hydrogen-bond acceptors (Lipinski definition) is 5. The Morgan fingerprint density at radius 2 is 1.94 bits per heavy atom. The van der Waals surface area contributed by atoms with Gasteiger partial charge in [0.15, 0.2) is 0 Å². The number of likely N-dealkylation sites (N-methyl/N-ethyl adjacent to an activating group) is 1. The van der Waals surface area contributed by atoms with E-state index in [0.717, 1.165) is 59.9 Å². The molecule has 0 unspecified atom stereocenters. The van der Waals surface area contributed by atoms with E-state index in [9.17, 15) is 4.79 Å². The molecule has 1 N–H and O–H groups in total. The highest BCUT2D eigenvalue weighted by atomic mass is 32.1. The van der Waals surface area contributed by atoms with Gasteiger partial charge in [-0.1, -0.05) is 42.5 Å². The summed E-state index contributed by atoms with van der Waals surface area (Å²) < 4.78 is 11.4. The molecule has 2 heterocycles. The second-order valence-electron chi connectivity index (χ2n) is 8.03. The van der Waals surface area contributed by atoms with Crippen molar-refractivity contribution in [2.75, 3.05) is 33.4 Å². The number of carbonyl (C=O) groups is 1. The first-order valence-corrected chi connectivity index (χ1v) is 12.0. The second kappa shape index (κ2) is 11.3. The summed E-state index contributed by atoms with van der Waals surface area (Å²) in [6.07, 6.45) is 2.17. The number of thiophene rings is 1. The average Bonchev–Trinajstić information content (AvgIpc) is 3.34. The Bertz CT molecular complexity index is 999. The molecular formula is C26H30N2O3S. The van der Waals surface area contributed by atoms with Gasteiger partial charge in [0.25, 0.3) is 5.91 Å². The molecule has 0 bridgehead atoms. The van der Waals surface area contributed by atoms with Gasteiger partial charge in [0.2, 0.25) is 0 Å².